The molecule has 1 atom stereocenters. The van der Waals surface area contributed by atoms with Crippen molar-refractivity contribution in [3.05, 3.63) is 48.6 Å². The van der Waals surface area contributed by atoms with Gasteiger partial charge in [0, 0.05) is 19.3 Å². The smallest absolute Gasteiger partial charge is 0.306 e. The Morgan fingerprint density at radius 1 is 0.333 bits per heavy atom. The van der Waals surface area contributed by atoms with Crippen molar-refractivity contribution in [3.63, 3.8) is 0 Å². The van der Waals surface area contributed by atoms with Crippen molar-refractivity contribution in [2.75, 3.05) is 13.2 Å². The molecule has 0 radical (unpaired) electrons. The van der Waals surface area contributed by atoms with E-state index in [1.807, 2.05) is 0 Å². The third-order valence-electron chi connectivity index (χ3n) is 11.8. The highest BCUT2D eigenvalue weighted by Gasteiger charge is 2.19. The standard InChI is InChI=1S/C57H102O6/c1-4-7-10-13-16-18-20-21-22-23-24-25-26-27-28-29-30-31-32-33-34-35-36-37-38-40-41-44-47-50-56(59)62-53-54(52-61-55(58)49-46-43-15-12-9-6-3)63-57(60)51-48-45-42-39-19-17-14-11-8-5-2/h7,10,16,18,21-22,24-25,54H,4-6,8-9,11-15,17,19-20,23,26-53H2,1-3H3/b10-7-,18-16-,22-21-,25-24-. The minimum absolute atomic E-state index is 0.0688. The van der Waals surface area contributed by atoms with Crippen molar-refractivity contribution in [1.82, 2.24) is 0 Å². The Labute approximate surface area is 390 Å². The molecule has 0 heterocycles. The van der Waals surface area contributed by atoms with Gasteiger partial charge < -0.3 is 14.2 Å². The fourth-order valence-corrected chi connectivity index (χ4v) is 7.79. The molecule has 0 aliphatic carbocycles. The number of carbonyl (C=O) groups excluding carboxylic acids is 3. The molecule has 1 unspecified atom stereocenters. The van der Waals surface area contributed by atoms with Crippen molar-refractivity contribution in [3.8, 4) is 0 Å². The number of carbonyl (C=O) groups is 3. The van der Waals surface area contributed by atoms with E-state index in [2.05, 4.69) is 69.4 Å². The number of rotatable bonds is 49. The molecule has 0 aromatic rings. The van der Waals surface area contributed by atoms with E-state index in [0.29, 0.717) is 19.3 Å². The molecule has 0 saturated heterocycles. The Morgan fingerprint density at radius 2 is 0.619 bits per heavy atom. The van der Waals surface area contributed by atoms with E-state index in [4.69, 9.17) is 14.2 Å². The lowest BCUT2D eigenvalue weighted by molar-refractivity contribution is -0.167. The van der Waals surface area contributed by atoms with E-state index >= 15 is 0 Å². The summed E-state index contributed by atoms with van der Waals surface area (Å²) in [6.07, 6.45) is 62.9. The summed E-state index contributed by atoms with van der Waals surface area (Å²) < 4.78 is 16.7. The Balaban J connectivity index is 3.95. The number of hydrogen-bond acceptors (Lipinski definition) is 6. The highest BCUT2D eigenvalue weighted by molar-refractivity contribution is 5.71. The van der Waals surface area contributed by atoms with Crippen LogP contribution in [-0.2, 0) is 28.6 Å². The normalized spacial score (nSPS) is 12.4. The van der Waals surface area contributed by atoms with E-state index in [1.165, 1.54) is 154 Å². The molecule has 0 saturated carbocycles. The van der Waals surface area contributed by atoms with Crippen molar-refractivity contribution >= 4 is 17.9 Å². The Morgan fingerprint density at radius 3 is 0.968 bits per heavy atom. The van der Waals surface area contributed by atoms with Gasteiger partial charge in [0.15, 0.2) is 6.10 Å². The highest BCUT2D eigenvalue weighted by Crippen LogP contribution is 2.16. The predicted octanol–water partition coefficient (Wildman–Crippen LogP) is 17.9. The van der Waals surface area contributed by atoms with Crippen LogP contribution in [0.5, 0.6) is 0 Å². The summed E-state index contributed by atoms with van der Waals surface area (Å²) in [5, 5.41) is 0. The molecule has 0 amide bonds. The summed E-state index contributed by atoms with van der Waals surface area (Å²) in [6, 6.07) is 0. The van der Waals surface area contributed by atoms with Crippen LogP contribution in [0.3, 0.4) is 0 Å². The molecule has 6 heteroatoms. The van der Waals surface area contributed by atoms with Crippen LogP contribution in [0.2, 0.25) is 0 Å². The van der Waals surface area contributed by atoms with Crippen LogP contribution in [0.25, 0.3) is 0 Å². The SMILES string of the molecule is CC/C=C\C/C=C\C/C=C\C/C=C\CCCCCCCCCCCCCCCCCCC(=O)OCC(COC(=O)CCCCCCCC)OC(=O)CCCCCCCCCCCC. The Hall–Kier alpha value is -2.63. The lowest BCUT2D eigenvalue weighted by Gasteiger charge is -2.18. The fourth-order valence-electron chi connectivity index (χ4n) is 7.79. The second kappa shape index (κ2) is 52.0. The van der Waals surface area contributed by atoms with E-state index in [9.17, 15) is 14.4 Å². The summed E-state index contributed by atoms with van der Waals surface area (Å²) in [5.74, 6) is -0.871. The summed E-state index contributed by atoms with van der Waals surface area (Å²) in [4.78, 5) is 37.6. The maximum atomic E-state index is 12.7. The molecule has 0 N–H and O–H groups in total. The number of hydrogen-bond donors (Lipinski definition) is 0. The first-order valence-corrected chi connectivity index (χ1v) is 27.1. The molecule has 6 nitrogen and oxygen atoms in total. The second-order valence-corrected chi connectivity index (χ2v) is 18.1. The molecule has 0 aliphatic rings. The van der Waals surface area contributed by atoms with Crippen LogP contribution < -0.4 is 0 Å². The van der Waals surface area contributed by atoms with Gasteiger partial charge in [0.25, 0.3) is 0 Å². The number of allylic oxidation sites excluding steroid dienone is 8. The molecule has 0 rings (SSSR count). The van der Waals surface area contributed by atoms with Gasteiger partial charge in [0.05, 0.1) is 0 Å². The van der Waals surface area contributed by atoms with Gasteiger partial charge in [-0.1, -0.05) is 249 Å². The third-order valence-corrected chi connectivity index (χ3v) is 11.8. The molecule has 0 fully saturated rings. The summed E-state index contributed by atoms with van der Waals surface area (Å²) in [7, 11) is 0. The van der Waals surface area contributed by atoms with Crippen molar-refractivity contribution in [2.24, 2.45) is 0 Å². The largest absolute Gasteiger partial charge is 0.462 e. The lowest BCUT2D eigenvalue weighted by atomic mass is 10.0. The number of ether oxygens (including phenoxy) is 3. The molecule has 366 valence electrons. The Bertz CT molecular complexity index is 1110. The van der Waals surface area contributed by atoms with Crippen LogP contribution in [0.4, 0.5) is 0 Å². The lowest BCUT2D eigenvalue weighted by Crippen LogP contribution is -2.30. The van der Waals surface area contributed by atoms with E-state index < -0.39 is 6.10 Å². The van der Waals surface area contributed by atoms with Crippen LogP contribution in [0, 0.1) is 0 Å². The van der Waals surface area contributed by atoms with Crippen LogP contribution in [0.1, 0.15) is 278 Å². The highest BCUT2D eigenvalue weighted by atomic mass is 16.6. The maximum absolute atomic E-state index is 12.7. The summed E-state index contributed by atoms with van der Waals surface area (Å²) in [6.45, 7) is 6.47. The predicted molar refractivity (Wildman–Crippen MR) is 270 cm³/mol. The van der Waals surface area contributed by atoms with Gasteiger partial charge in [-0.05, 0) is 57.8 Å². The molecular formula is C57H102O6. The molecule has 63 heavy (non-hydrogen) atoms. The summed E-state index contributed by atoms with van der Waals surface area (Å²) >= 11 is 0. The molecule has 0 bridgehead atoms. The van der Waals surface area contributed by atoms with Crippen molar-refractivity contribution in [2.45, 2.75) is 284 Å². The summed E-state index contributed by atoms with van der Waals surface area (Å²) in [5.41, 5.74) is 0. The molecule has 0 spiro atoms. The van der Waals surface area contributed by atoms with Gasteiger partial charge in [-0.15, -0.1) is 0 Å². The first-order chi connectivity index (χ1) is 31.0. The monoisotopic (exact) mass is 883 g/mol. The quantitative estimate of drug-likeness (QED) is 0.0262. The Kier molecular flexibility index (Phi) is 49.8. The second-order valence-electron chi connectivity index (χ2n) is 18.1. The average molecular weight is 883 g/mol. The van der Waals surface area contributed by atoms with Gasteiger partial charge in [-0.2, -0.15) is 0 Å². The first kappa shape index (κ1) is 60.4. The molecule has 0 aromatic heterocycles. The minimum atomic E-state index is -0.763. The molecular weight excluding hydrogens is 781 g/mol. The van der Waals surface area contributed by atoms with Gasteiger partial charge >= 0.3 is 17.9 Å². The van der Waals surface area contributed by atoms with Gasteiger partial charge in [0.1, 0.15) is 13.2 Å². The van der Waals surface area contributed by atoms with Crippen LogP contribution >= 0.6 is 0 Å². The van der Waals surface area contributed by atoms with Crippen LogP contribution in [0.15, 0.2) is 48.6 Å². The minimum Gasteiger partial charge on any atom is -0.462 e. The zero-order chi connectivity index (χ0) is 45.8. The zero-order valence-electron chi connectivity index (χ0n) is 41.8. The molecule has 0 aliphatic heterocycles. The van der Waals surface area contributed by atoms with Gasteiger partial charge in [-0.25, -0.2) is 0 Å². The average Bonchev–Trinajstić information content (AvgIpc) is 3.28. The van der Waals surface area contributed by atoms with Gasteiger partial charge in [-0.3, -0.25) is 14.4 Å². The topological polar surface area (TPSA) is 78.9 Å². The first-order valence-electron chi connectivity index (χ1n) is 27.1. The van der Waals surface area contributed by atoms with E-state index in [1.54, 1.807) is 0 Å². The van der Waals surface area contributed by atoms with E-state index in [0.717, 1.165) is 83.5 Å². The van der Waals surface area contributed by atoms with Crippen LogP contribution in [-0.4, -0.2) is 37.2 Å². The zero-order valence-corrected chi connectivity index (χ0v) is 41.8. The maximum Gasteiger partial charge on any atom is 0.306 e. The van der Waals surface area contributed by atoms with E-state index in [-0.39, 0.29) is 31.1 Å². The van der Waals surface area contributed by atoms with Crippen molar-refractivity contribution < 1.29 is 28.6 Å². The van der Waals surface area contributed by atoms with Crippen molar-refractivity contribution in [1.29, 1.82) is 0 Å². The molecule has 0 aromatic carbocycles. The number of unbranched alkanes of at least 4 members (excludes halogenated alkanes) is 30. The van der Waals surface area contributed by atoms with Gasteiger partial charge in [0.2, 0.25) is 0 Å². The fraction of sp³-hybridized carbons (Fsp3) is 0.807. The third kappa shape index (κ3) is 50.2. The number of esters is 3.